The Kier molecular flexibility index (Phi) is 7.60. The molecule has 166 valence electrons. The highest BCUT2D eigenvalue weighted by molar-refractivity contribution is 5.71. The van der Waals surface area contributed by atoms with E-state index in [-0.39, 0.29) is 5.69 Å². The second kappa shape index (κ2) is 10.8. The van der Waals surface area contributed by atoms with Gasteiger partial charge in [0.05, 0.1) is 28.4 Å². The largest absolute Gasteiger partial charge is 0.497 e. The van der Waals surface area contributed by atoms with E-state index < -0.39 is 0 Å². The molecule has 8 nitrogen and oxygen atoms in total. The number of ether oxygens (including phenoxy) is 4. The van der Waals surface area contributed by atoms with Gasteiger partial charge in [-0.05, 0) is 47.9 Å². The lowest BCUT2D eigenvalue weighted by atomic mass is 10.1. The van der Waals surface area contributed by atoms with Crippen LogP contribution in [0.1, 0.15) is 22.7 Å². The molecule has 2 aromatic carbocycles. The SMILES string of the molecule is COc1ccc(CCNc2oc(/C=C/c3cc(OC)c(OC)c(OC)c3)nc2C#N)cc1. The Balaban J connectivity index is 1.70. The highest BCUT2D eigenvalue weighted by Gasteiger charge is 2.13. The fraction of sp³-hybridized carbons (Fsp3) is 0.250. The van der Waals surface area contributed by atoms with Crippen LogP contribution in [0.5, 0.6) is 23.0 Å². The van der Waals surface area contributed by atoms with Crippen LogP contribution < -0.4 is 24.3 Å². The van der Waals surface area contributed by atoms with Crippen molar-refractivity contribution in [3.05, 3.63) is 59.1 Å². The van der Waals surface area contributed by atoms with E-state index in [2.05, 4.69) is 16.4 Å². The van der Waals surface area contributed by atoms with Gasteiger partial charge in [-0.25, -0.2) is 0 Å². The monoisotopic (exact) mass is 435 g/mol. The molecule has 0 aliphatic heterocycles. The molecule has 0 saturated heterocycles. The van der Waals surface area contributed by atoms with Gasteiger partial charge < -0.3 is 28.7 Å². The summed E-state index contributed by atoms with van der Waals surface area (Å²) in [4.78, 5) is 4.23. The van der Waals surface area contributed by atoms with Crippen LogP contribution in [0.15, 0.2) is 40.8 Å². The molecule has 1 aromatic heterocycles. The highest BCUT2D eigenvalue weighted by atomic mass is 16.5. The second-order valence-electron chi connectivity index (χ2n) is 6.66. The van der Waals surface area contributed by atoms with E-state index in [0.717, 1.165) is 23.3 Å². The molecule has 0 saturated carbocycles. The van der Waals surface area contributed by atoms with Crippen molar-refractivity contribution < 1.29 is 23.4 Å². The smallest absolute Gasteiger partial charge is 0.232 e. The van der Waals surface area contributed by atoms with E-state index in [1.165, 1.54) is 0 Å². The number of nitrogens with zero attached hydrogens (tertiary/aromatic N) is 2. The normalized spacial score (nSPS) is 10.6. The quantitative estimate of drug-likeness (QED) is 0.500. The van der Waals surface area contributed by atoms with Crippen molar-refractivity contribution in [1.29, 1.82) is 5.26 Å². The number of hydrogen-bond acceptors (Lipinski definition) is 8. The minimum absolute atomic E-state index is 0.198. The standard InChI is InChI=1S/C24H25N3O5/c1-28-18-8-5-16(6-9-18)11-12-26-24-19(15-25)27-22(32-24)10-7-17-13-20(29-2)23(31-4)21(14-17)30-3/h5-10,13-14,26H,11-12H2,1-4H3/b10-7+. The topological polar surface area (TPSA) is 98.8 Å². The molecule has 0 atom stereocenters. The van der Waals surface area contributed by atoms with Gasteiger partial charge in [0.1, 0.15) is 11.8 Å². The molecule has 32 heavy (non-hydrogen) atoms. The summed E-state index contributed by atoms with van der Waals surface area (Å²) in [7, 11) is 6.30. The molecular weight excluding hydrogens is 410 g/mol. The Morgan fingerprint density at radius 2 is 1.66 bits per heavy atom. The third-order valence-electron chi connectivity index (χ3n) is 4.71. The van der Waals surface area contributed by atoms with Gasteiger partial charge in [0, 0.05) is 12.6 Å². The zero-order chi connectivity index (χ0) is 22.9. The average Bonchev–Trinajstić information content (AvgIpc) is 3.24. The number of hydrogen-bond donors (Lipinski definition) is 1. The summed E-state index contributed by atoms with van der Waals surface area (Å²) in [6.45, 7) is 0.590. The first kappa shape index (κ1) is 22.6. The van der Waals surface area contributed by atoms with Crippen molar-refractivity contribution in [3.63, 3.8) is 0 Å². The maximum Gasteiger partial charge on any atom is 0.232 e. The molecule has 1 N–H and O–H groups in total. The summed E-state index contributed by atoms with van der Waals surface area (Å²) >= 11 is 0. The van der Waals surface area contributed by atoms with E-state index >= 15 is 0 Å². The summed E-state index contributed by atoms with van der Waals surface area (Å²) in [6, 6.07) is 13.5. The predicted octanol–water partition coefficient (Wildman–Crippen LogP) is 4.41. The molecule has 1 heterocycles. The van der Waals surface area contributed by atoms with E-state index in [4.69, 9.17) is 23.4 Å². The molecule has 0 radical (unpaired) electrons. The molecular formula is C24H25N3O5. The van der Waals surface area contributed by atoms with Crippen molar-refractivity contribution >= 4 is 18.0 Å². The molecule has 0 fully saturated rings. The van der Waals surface area contributed by atoms with E-state index in [0.29, 0.717) is 35.6 Å². The third kappa shape index (κ3) is 5.32. The van der Waals surface area contributed by atoms with Crippen LogP contribution in [0, 0.1) is 11.3 Å². The van der Waals surface area contributed by atoms with Crippen LogP contribution in [0.2, 0.25) is 0 Å². The van der Waals surface area contributed by atoms with Gasteiger partial charge in [0.15, 0.2) is 11.5 Å². The van der Waals surface area contributed by atoms with Gasteiger partial charge in [0.2, 0.25) is 23.2 Å². The lowest BCUT2D eigenvalue weighted by molar-refractivity contribution is 0.324. The fourth-order valence-electron chi connectivity index (χ4n) is 3.08. The molecule has 0 amide bonds. The van der Waals surface area contributed by atoms with E-state index in [1.807, 2.05) is 24.3 Å². The fourth-order valence-corrected chi connectivity index (χ4v) is 3.08. The van der Waals surface area contributed by atoms with Gasteiger partial charge in [-0.3, -0.25) is 0 Å². The molecule has 0 unspecified atom stereocenters. The van der Waals surface area contributed by atoms with Crippen molar-refractivity contribution in [2.45, 2.75) is 6.42 Å². The lowest BCUT2D eigenvalue weighted by Gasteiger charge is -2.12. The maximum absolute atomic E-state index is 9.39. The van der Waals surface area contributed by atoms with Crippen LogP contribution in [0.25, 0.3) is 12.2 Å². The van der Waals surface area contributed by atoms with Crippen molar-refractivity contribution in [1.82, 2.24) is 4.98 Å². The Morgan fingerprint density at radius 3 is 2.22 bits per heavy atom. The first-order chi connectivity index (χ1) is 15.6. The summed E-state index contributed by atoms with van der Waals surface area (Å²) in [6.07, 6.45) is 4.22. The van der Waals surface area contributed by atoms with Crippen LogP contribution >= 0.6 is 0 Å². The summed E-state index contributed by atoms with van der Waals surface area (Å²) in [5, 5.41) is 12.5. The van der Waals surface area contributed by atoms with E-state index in [1.54, 1.807) is 52.7 Å². The van der Waals surface area contributed by atoms with Crippen molar-refractivity contribution in [2.24, 2.45) is 0 Å². The zero-order valence-corrected chi connectivity index (χ0v) is 18.5. The Hall–Kier alpha value is -4.12. The lowest BCUT2D eigenvalue weighted by Crippen LogP contribution is -2.05. The number of aromatic nitrogens is 1. The molecule has 3 aromatic rings. The van der Waals surface area contributed by atoms with Crippen molar-refractivity contribution in [2.75, 3.05) is 40.3 Å². The summed E-state index contributed by atoms with van der Waals surface area (Å²) < 4.78 is 27.0. The van der Waals surface area contributed by atoms with Gasteiger partial charge >= 0.3 is 0 Å². The minimum Gasteiger partial charge on any atom is -0.497 e. The van der Waals surface area contributed by atoms with Gasteiger partial charge in [-0.15, -0.1) is 0 Å². The highest BCUT2D eigenvalue weighted by Crippen LogP contribution is 2.38. The number of rotatable bonds is 10. The molecule has 8 heteroatoms. The number of anilines is 1. The zero-order valence-electron chi connectivity index (χ0n) is 18.5. The number of benzene rings is 2. The van der Waals surface area contributed by atoms with Gasteiger partial charge in [-0.1, -0.05) is 12.1 Å². The Labute approximate surface area is 187 Å². The first-order valence-corrected chi connectivity index (χ1v) is 9.87. The van der Waals surface area contributed by atoms with Crippen LogP contribution in [-0.4, -0.2) is 40.0 Å². The van der Waals surface area contributed by atoms with E-state index in [9.17, 15) is 5.26 Å². The minimum atomic E-state index is 0.198. The third-order valence-corrected chi connectivity index (χ3v) is 4.71. The Bertz CT molecular complexity index is 1090. The number of oxazole rings is 1. The Morgan fingerprint density at radius 1 is 0.969 bits per heavy atom. The van der Waals surface area contributed by atoms with Crippen LogP contribution in [0.3, 0.4) is 0 Å². The predicted molar refractivity (Wildman–Crippen MR) is 121 cm³/mol. The number of methoxy groups -OCH3 is 4. The second-order valence-corrected chi connectivity index (χ2v) is 6.66. The molecule has 0 bridgehead atoms. The maximum atomic E-state index is 9.39. The number of nitrogens with one attached hydrogen (secondary N) is 1. The molecule has 0 aliphatic carbocycles. The van der Waals surface area contributed by atoms with Gasteiger partial charge in [-0.2, -0.15) is 10.2 Å². The van der Waals surface area contributed by atoms with Crippen LogP contribution in [-0.2, 0) is 6.42 Å². The summed E-state index contributed by atoms with van der Waals surface area (Å²) in [5.41, 5.74) is 2.13. The first-order valence-electron chi connectivity index (χ1n) is 9.87. The number of nitriles is 1. The molecule has 0 spiro atoms. The van der Waals surface area contributed by atoms with Crippen LogP contribution in [0.4, 0.5) is 5.88 Å². The van der Waals surface area contributed by atoms with Gasteiger partial charge in [0.25, 0.3) is 0 Å². The van der Waals surface area contributed by atoms with Crippen molar-refractivity contribution in [3.8, 4) is 29.1 Å². The average molecular weight is 435 g/mol. The molecule has 3 rings (SSSR count). The molecule has 0 aliphatic rings. The summed E-state index contributed by atoms with van der Waals surface area (Å²) in [5.74, 6) is 3.05.